The Morgan fingerprint density at radius 1 is 0.950 bits per heavy atom. The van der Waals surface area contributed by atoms with Gasteiger partial charge in [-0.25, -0.2) is 9.78 Å². The minimum absolute atomic E-state index is 0.284. The lowest BCUT2D eigenvalue weighted by Crippen LogP contribution is -2.18. The van der Waals surface area contributed by atoms with Crippen molar-refractivity contribution in [1.82, 2.24) is 14.9 Å². The van der Waals surface area contributed by atoms with Crippen LogP contribution in [-0.4, -0.2) is 55.3 Å². The quantitative estimate of drug-likeness (QED) is 0.209. The molecule has 1 heterocycles. The summed E-state index contributed by atoms with van der Waals surface area (Å²) in [5.74, 6) is 2.17. The largest absolute Gasteiger partial charge is 0.494 e. The molecule has 3 aromatic carbocycles. The molecule has 4 rings (SSSR count). The Morgan fingerprint density at radius 3 is 2.45 bits per heavy atom. The molecule has 0 radical (unpaired) electrons. The molecule has 0 spiro atoms. The van der Waals surface area contributed by atoms with Crippen LogP contribution in [0.2, 0.25) is 0 Å². The van der Waals surface area contributed by atoms with Crippen molar-refractivity contribution in [1.29, 1.82) is 0 Å². The van der Waals surface area contributed by atoms with Crippen molar-refractivity contribution in [3.63, 3.8) is 0 Å². The van der Waals surface area contributed by atoms with Gasteiger partial charge in [0.15, 0.2) is 11.5 Å². The summed E-state index contributed by atoms with van der Waals surface area (Å²) in [6.45, 7) is 5.71. The molecule has 0 atom stereocenters. The highest BCUT2D eigenvalue weighted by Gasteiger charge is 2.18. The maximum atomic E-state index is 13.0. The van der Waals surface area contributed by atoms with Gasteiger partial charge in [-0.05, 0) is 87.5 Å². The van der Waals surface area contributed by atoms with Crippen LogP contribution in [0.25, 0.3) is 11.1 Å². The van der Waals surface area contributed by atoms with Crippen LogP contribution in [0.4, 0.5) is 22.2 Å². The molecule has 0 aliphatic rings. The first-order valence-corrected chi connectivity index (χ1v) is 13.0. The smallest absolute Gasteiger partial charge is 0.418 e. The summed E-state index contributed by atoms with van der Waals surface area (Å²) in [5.41, 5.74) is 4.73. The molecule has 0 unspecified atom stereocenters. The third-order valence-corrected chi connectivity index (χ3v) is 6.30. The van der Waals surface area contributed by atoms with Gasteiger partial charge in [0.2, 0.25) is 5.95 Å². The first kappa shape index (κ1) is 28.4. The molecular formula is C31H35N5O4. The molecule has 0 saturated heterocycles. The summed E-state index contributed by atoms with van der Waals surface area (Å²) >= 11 is 0. The molecule has 1 amide bonds. The molecule has 40 heavy (non-hydrogen) atoms. The topological polar surface area (TPSA) is 97.8 Å². The van der Waals surface area contributed by atoms with Gasteiger partial charge in [0.25, 0.3) is 0 Å². The summed E-state index contributed by atoms with van der Waals surface area (Å²) < 4.78 is 17.1. The molecule has 0 aliphatic heterocycles. The number of methoxy groups -OCH3 is 1. The maximum absolute atomic E-state index is 13.0. The molecular weight excluding hydrogens is 506 g/mol. The molecule has 0 aliphatic carbocycles. The van der Waals surface area contributed by atoms with Gasteiger partial charge in [0.05, 0.1) is 13.7 Å². The Balaban J connectivity index is 1.42. The Morgan fingerprint density at radius 2 is 1.70 bits per heavy atom. The van der Waals surface area contributed by atoms with Crippen molar-refractivity contribution in [3.05, 3.63) is 84.1 Å². The van der Waals surface area contributed by atoms with Gasteiger partial charge in [-0.15, -0.1) is 0 Å². The molecule has 9 nitrogen and oxygen atoms in total. The number of nitrogens with zero attached hydrogens (tertiary/aromatic N) is 3. The summed E-state index contributed by atoms with van der Waals surface area (Å²) in [7, 11) is 5.62. The van der Waals surface area contributed by atoms with Gasteiger partial charge >= 0.3 is 6.09 Å². The van der Waals surface area contributed by atoms with Crippen LogP contribution < -0.4 is 24.8 Å². The third kappa shape index (κ3) is 7.48. The second-order valence-electron chi connectivity index (χ2n) is 9.52. The van der Waals surface area contributed by atoms with Crippen molar-refractivity contribution in [3.8, 4) is 28.4 Å². The average molecular weight is 542 g/mol. The van der Waals surface area contributed by atoms with Crippen LogP contribution in [0.5, 0.6) is 17.2 Å². The molecule has 0 fully saturated rings. The van der Waals surface area contributed by atoms with Crippen LogP contribution in [-0.2, 0) is 0 Å². The second-order valence-corrected chi connectivity index (χ2v) is 9.52. The Labute approximate surface area is 235 Å². The fourth-order valence-electron chi connectivity index (χ4n) is 4.08. The monoisotopic (exact) mass is 541 g/mol. The van der Waals surface area contributed by atoms with Gasteiger partial charge in [0.1, 0.15) is 11.6 Å². The number of amides is 1. The van der Waals surface area contributed by atoms with Crippen molar-refractivity contribution in [2.24, 2.45) is 0 Å². The van der Waals surface area contributed by atoms with E-state index < -0.39 is 6.09 Å². The molecule has 0 bridgehead atoms. The molecule has 1 aromatic heterocycles. The molecule has 4 aromatic rings. The lowest BCUT2D eigenvalue weighted by atomic mass is 9.96. The van der Waals surface area contributed by atoms with Crippen LogP contribution in [0.15, 0.2) is 72.9 Å². The fraction of sp³-hybridized carbons (Fsp3) is 0.258. The van der Waals surface area contributed by atoms with E-state index in [1.54, 1.807) is 25.4 Å². The van der Waals surface area contributed by atoms with E-state index in [1.165, 1.54) is 0 Å². The number of aromatic nitrogens is 2. The van der Waals surface area contributed by atoms with E-state index in [9.17, 15) is 4.79 Å². The first-order chi connectivity index (χ1) is 19.3. The number of anilines is 3. The molecule has 0 saturated carbocycles. The number of benzene rings is 3. The molecule has 2 N–H and O–H groups in total. The van der Waals surface area contributed by atoms with Gasteiger partial charge in [-0.1, -0.05) is 30.3 Å². The number of para-hydroxylation sites is 1. The second kappa shape index (κ2) is 13.4. The predicted molar refractivity (Wildman–Crippen MR) is 158 cm³/mol. The fourth-order valence-corrected chi connectivity index (χ4v) is 4.08. The van der Waals surface area contributed by atoms with Crippen molar-refractivity contribution in [2.75, 3.05) is 45.0 Å². The lowest BCUT2D eigenvalue weighted by molar-refractivity contribution is 0.213. The zero-order valence-electron chi connectivity index (χ0n) is 23.5. The van der Waals surface area contributed by atoms with Crippen molar-refractivity contribution >= 4 is 23.5 Å². The third-order valence-electron chi connectivity index (χ3n) is 6.30. The Bertz CT molecular complexity index is 1440. The van der Waals surface area contributed by atoms with Crippen molar-refractivity contribution in [2.45, 2.75) is 20.3 Å². The van der Waals surface area contributed by atoms with Gasteiger partial charge in [-0.3, -0.25) is 5.32 Å². The minimum atomic E-state index is -0.698. The van der Waals surface area contributed by atoms with Crippen LogP contribution in [0, 0.1) is 13.8 Å². The Kier molecular flexibility index (Phi) is 9.53. The number of hydrogen-bond donors (Lipinski definition) is 2. The maximum Gasteiger partial charge on any atom is 0.418 e. The highest BCUT2D eigenvalue weighted by Crippen LogP contribution is 2.40. The van der Waals surface area contributed by atoms with Crippen LogP contribution in [0.3, 0.4) is 0 Å². The highest BCUT2D eigenvalue weighted by atomic mass is 16.6. The van der Waals surface area contributed by atoms with Crippen LogP contribution in [0.1, 0.15) is 17.5 Å². The van der Waals surface area contributed by atoms with E-state index in [0.717, 1.165) is 46.7 Å². The number of ether oxygens (including phenoxy) is 3. The standard InChI is InChI=1S/C31H35N5O4/c1-21-9-6-10-25(22(21)2)26-11-7-12-27(38-5)29(26)40-31(37)35-28-17-18-32-30(34-28)33-23-13-15-24(16-14-23)39-20-8-19-36(3)4/h6-7,9-18H,8,19-20H2,1-5H3,(H2,32,33,34,35,37). The van der Waals surface area contributed by atoms with E-state index >= 15 is 0 Å². The minimum Gasteiger partial charge on any atom is -0.494 e. The number of carbonyl (C=O) groups is 1. The summed E-state index contributed by atoms with van der Waals surface area (Å²) in [5, 5.41) is 5.83. The van der Waals surface area contributed by atoms with E-state index in [0.29, 0.717) is 24.1 Å². The Hall–Kier alpha value is -4.63. The number of rotatable bonds is 11. The van der Waals surface area contributed by atoms with Crippen molar-refractivity contribution < 1.29 is 19.0 Å². The van der Waals surface area contributed by atoms with Crippen LogP contribution >= 0.6 is 0 Å². The highest BCUT2D eigenvalue weighted by molar-refractivity contribution is 5.88. The van der Waals surface area contributed by atoms with Gasteiger partial charge in [0, 0.05) is 24.0 Å². The van der Waals surface area contributed by atoms with E-state index in [1.807, 2.05) is 82.5 Å². The number of aryl methyl sites for hydroxylation is 1. The normalized spacial score (nSPS) is 10.8. The SMILES string of the molecule is COc1cccc(-c2cccc(C)c2C)c1OC(=O)Nc1ccnc(Nc2ccc(OCCCN(C)C)cc2)n1. The zero-order valence-corrected chi connectivity index (χ0v) is 23.5. The van der Waals surface area contributed by atoms with E-state index in [2.05, 4.69) is 25.5 Å². The van der Waals surface area contributed by atoms with E-state index in [4.69, 9.17) is 14.2 Å². The average Bonchev–Trinajstić information content (AvgIpc) is 2.94. The predicted octanol–water partition coefficient (Wildman–Crippen LogP) is 6.45. The lowest BCUT2D eigenvalue weighted by Gasteiger charge is -2.16. The molecule has 9 heteroatoms. The number of carbonyl (C=O) groups excluding carboxylic acids is 1. The van der Waals surface area contributed by atoms with E-state index in [-0.39, 0.29) is 5.82 Å². The van der Waals surface area contributed by atoms with Gasteiger partial charge < -0.3 is 24.4 Å². The summed E-state index contributed by atoms with van der Waals surface area (Å²) in [6.07, 6.45) is 1.81. The number of nitrogens with one attached hydrogen (secondary N) is 2. The zero-order chi connectivity index (χ0) is 28.5. The molecule has 208 valence electrons. The first-order valence-electron chi connectivity index (χ1n) is 13.0. The number of hydrogen-bond acceptors (Lipinski definition) is 8. The summed E-state index contributed by atoms with van der Waals surface area (Å²) in [6, 6.07) is 20.7. The summed E-state index contributed by atoms with van der Waals surface area (Å²) in [4.78, 5) is 23.7. The van der Waals surface area contributed by atoms with Gasteiger partial charge in [-0.2, -0.15) is 4.98 Å².